The summed E-state index contributed by atoms with van der Waals surface area (Å²) in [5.41, 5.74) is 4.56. The molecule has 1 heterocycles. The molecule has 0 saturated heterocycles. The Bertz CT molecular complexity index is 1240. The van der Waals surface area contributed by atoms with Gasteiger partial charge in [-0.3, -0.25) is 4.79 Å². The van der Waals surface area contributed by atoms with Crippen LogP contribution in [0.15, 0.2) is 70.4 Å². The summed E-state index contributed by atoms with van der Waals surface area (Å²) in [4.78, 5) is 24.4. The van der Waals surface area contributed by atoms with Gasteiger partial charge in [0.2, 0.25) is 5.76 Å². The maximum Gasteiger partial charge on any atom is 0.379 e. The van der Waals surface area contributed by atoms with Crippen molar-refractivity contribution in [3.63, 3.8) is 0 Å². The first kappa shape index (κ1) is 28.5. The third-order valence-corrected chi connectivity index (χ3v) is 5.57. The van der Waals surface area contributed by atoms with Crippen LogP contribution in [0.1, 0.15) is 69.6 Å². The molecule has 0 aliphatic rings. The Morgan fingerprint density at radius 2 is 1.71 bits per heavy atom. The van der Waals surface area contributed by atoms with Crippen molar-refractivity contribution in [1.29, 1.82) is 0 Å². The maximum absolute atomic E-state index is 12.2. The molecule has 2 aromatic carbocycles. The fourth-order valence-electron chi connectivity index (χ4n) is 4.29. The summed E-state index contributed by atoms with van der Waals surface area (Å²) in [6, 6.07) is 15.9. The summed E-state index contributed by atoms with van der Waals surface area (Å²) >= 11 is 0. The highest BCUT2D eigenvalue weighted by molar-refractivity contribution is 5.89. The van der Waals surface area contributed by atoms with Crippen LogP contribution >= 0.6 is 0 Å². The molecule has 0 bridgehead atoms. The van der Waals surface area contributed by atoms with Crippen LogP contribution in [0.5, 0.6) is 17.2 Å². The van der Waals surface area contributed by atoms with Crippen LogP contribution in [0.4, 0.5) is 0 Å². The number of rotatable bonds is 11. The van der Waals surface area contributed by atoms with Crippen molar-refractivity contribution in [3.05, 3.63) is 77.7 Å². The second-order valence-corrected chi connectivity index (χ2v) is 10.7. The smallest absolute Gasteiger partial charge is 0.379 e. The Hall–Kier alpha value is -4.07. The number of amides is 1. The van der Waals surface area contributed by atoms with Crippen LogP contribution in [0.3, 0.4) is 0 Å². The molecule has 0 spiro atoms. The van der Waals surface area contributed by atoms with E-state index in [1.807, 2.05) is 31.2 Å². The molecule has 8 heteroatoms. The summed E-state index contributed by atoms with van der Waals surface area (Å²) in [6.45, 7) is 13.2. The lowest BCUT2D eigenvalue weighted by Crippen LogP contribution is -2.25. The molecule has 0 radical (unpaired) electrons. The number of nitrogens with one attached hydrogen (secondary N) is 1. The number of hydrogen-bond donors (Lipinski definition) is 1. The van der Waals surface area contributed by atoms with Crippen LogP contribution in [0.2, 0.25) is 0 Å². The van der Waals surface area contributed by atoms with Crippen molar-refractivity contribution < 1.29 is 28.2 Å². The lowest BCUT2D eigenvalue weighted by Gasteiger charge is -2.33. The van der Waals surface area contributed by atoms with Gasteiger partial charge in [0, 0.05) is 0 Å². The van der Waals surface area contributed by atoms with Gasteiger partial charge in [0.1, 0.15) is 5.75 Å². The Morgan fingerprint density at radius 3 is 2.34 bits per heavy atom. The van der Waals surface area contributed by atoms with Crippen molar-refractivity contribution in [2.24, 2.45) is 10.5 Å². The first-order valence-electron chi connectivity index (χ1n) is 12.5. The molecule has 0 saturated carbocycles. The molecule has 1 N–H and O–H groups in total. The third-order valence-electron chi connectivity index (χ3n) is 5.57. The van der Waals surface area contributed by atoms with E-state index in [0.29, 0.717) is 23.7 Å². The zero-order valence-corrected chi connectivity index (χ0v) is 22.9. The Balaban J connectivity index is 1.53. The summed E-state index contributed by atoms with van der Waals surface area (Å²) in [5, 5.41) is 3.98. The topological polar surface area (TPSA) is 99.4 Å². The van der Waals surface area contributed by atoms with Gasteiger partial charge in [-0.05, 0) is 77.8 Å². The first-order valence-corrected chi connectivity index (χ1v) is 12.5. The van der Waals surface area contributed by atoms with E-state index in [2.05, 4.69) is 45.1 Å². The molecule has 1 aromatic heterocycles. The average molecular weight is 521 g/mol. The van der Waals surface area contributed by atoms with Gasteiger partial charge in [-0.2, -0.15) is 5.10 Å². The Kier molecular flexibility index (Phi) is 9.34. The molecule has 202 valence electrons. The number of benzene rings is 2. The molecule has 38 heavy (non-hydrogen) atoms. The van der Waals surface area contributed by atoms with Crippen molar-refractivity contribution in [1.82, 2.24) is 5.43 Å². The number of ether oxygens (including phenoxy) is 3. The number of furan rings is 1. The summed E-state index contributed by atoms with van der Waals surface area (Å²) < 4.78 is 21.6. The fourth-order valence-corrected chi connectivity index (χ4v) is 4.29. The SMILES string of the molecule is CCOc1cc(/C=N\NC(=O)COc2ccc(C(C)(C)CC(C)(C)C)cc2)ccc1OC(=O)c1ccco1. The molecular formula is C30H36N2O6. The predicted octanol–water partition coefficient (Wildman–Crippen LogP) is 6.14. The third kappa shape index (κ3) is 8.50. The molecule has 8 nitrogen and oxygen atoms in total. The van der Waals surface area contributed by atoms with Crippen molar-refractivity contribution in [3.8, 4) is 17.2 Å². The van der Waals surface area contributed by atoms with Crippen molar-refractivity contribution in [2.45, 2.75) is 53.4 Å². The fraction of sp³-hybridized carbons (Fsp3) is 0.367. The van der Waals surface area contributed by atoms with E-state index in [0.717, 1.165) is 6.42 Å². The maximum atomic E-state index is 12.2. The van der Waals surface area contributed by atoms with E-state index in [9.17, 15) is 9.59 Å². The molecule has 0 atom stereocenters. The van der Waals surface area contributed by atoms with Crippen LogP contribution in [-0.2, 0) is 10.2 Å². The zero-order valence-electron chi connectivity index (χ0n) is 22.9. The zero-order chi connectivity index (χ0) is 27.8. The molecule has 0 aliphatic heterocycles. The van der Waals surface area contributed by atoms with Gasteiger partial charge in [-0.25, -0.2) is 10.2 Å². The molecule has 3 rings (SSSR count). The van der Waals surface area contributed by atoms with Crippen molar-refractivity contribution >= 4 is 18.1 Å². The van der Waals surface area contributed by atoms with Crippen LogP contribution < -0.4 is 19.6 Å². The monoisotopic (exact) mass is 520 g/mol. The van der Waals surface area contributed by atoms with Gasteiger partial charge in [0.25, 0.3) is 5.91 Å². The quantitative estimate of drug-likeness (QED) is 0.141. The summed E-state index contributed by atoms with van der Waals surface area (Å²) in [6.07, 6.45) is 3.90. The average Bonchev–Trinajstić information content (AvgIpc) is 3.39. The summed E-state index contributed by atoms with van der Waals surface area (Å²) in [5.74, 6) is 0.278. The minimum absolute atomic E-state index is 0.0319. The predicted molar refractivity (Wildman–Crippen MR) is 146 cm³/mol. The normalized spacial score (nSPS) is 11.8. The molecule has 1 amide bonds. The number of carbonyl (C=O) groups is 2. The molecule has 0 aliphatic carbocycles. The van der Waals surface area contributed by atoms with Gasteiger partial charge in [0.15, 0.2) is 18.1 Å². The number of nitrogens with zero attached hydrogens (tertiary/aromatic N) is 1. The molecular weight excluding hydrogens is 484 g/mol. The summed E-state index contributed by atoms with van der Waals surface area (Å²) in [7, 11) is 0. The van der Waals surface area contributed by atoms with Crippen LogP contribution in [0.25, 0.3) is 0 Å². The van der Waals surface area contributed by atoms with Gasteiger partial charge >= 0.3 is 5.97 Å². The lowest BCUT2D eigenvalue weighted by molar-refractivity contribution is -0.123. The first-order chi connectivity index (χ1) is 18.0. The minimum atomic E-state index is -0.632. The Labute approximate surface area is 224 Å². The molecule has 0 unspecified atom stereocenters. The van der Waals surface area contributed by atoms with Gasteiger partial charge in [0.05, 0.1) is 19.1 Å². The largest absolute Gasteiger partial charge is 0.490 e. The van der Waals surface area contributed by atoms with Crippen molar-refractivity contribution in [2.75, 3.05) is 13.2 Å². The van der Waals surface area contributed by atoms with E-state index in [-0.39, 0.29) is 28.9 Å². The van der Waals surface area contributed by atoms with E-state index >= 15 is 0 Å². The van der Waals surface area contributed by atoms with Gasteiger partial charge < -0.3 is 18.6 Å². The standard InChI is InChI=1S/C30H36N2O6/c1-7-35-26-17-21(10-15-24(26)38-28(34)25-9-8-16-36-25)18-31-32-27(33)19-37-23-13-11-22(12-14-23)30(5,6)20-29(2,3)4/h8-18H,7,19-20H2,1-6H3,(H,32,33)/b31-18-. The lowest BCUT2D eigenvalue weighted by atomic mass is 9.72. The highest BCUT2D eigenvalue weighted by atomic mass is 16.6. The van der Waals surface area contributed by atoms with E-state index < -0.39 is 11.9 Å². The second kappa shape index (κ2) is 12.4. The van der Waals surface area contributed by atoms with Crippen LogP contribution in [-0.4, -0.2) is 31.3 Å². The van der Waals surface area contributed by atoms with Crippen LogP contribution in [0, 0.1) is 5.41 Å². The van der Waals surface area contributed by atoms with E-state index in [4.69, 9.17) is 18.6 Å². The molecule has 0 fully saturated rings. The second-order valence-electron chi connectivity index (χ2n) is 10.7. The van der Waals surface area contributed by atoms with E-state index in [1.165, 1.54) is 24.1 Å². The number of carbonyl (C=O) groups excluding carboxylic acids is 2. The minimum Gasteiger partial charge on any atom is -0.490 e. The number of esters is 1. The van der Waals surface area contributed by atoms with E-state index in [1.54, 1.807) is 24.3 Å². The van der Waals surface area contributed by atoms with Gasteiger partial charge in [-0.15, -0.1) is 0 Å². The highest BCUT2D eigenvalue weighted by Crippen LogP contribution is 2.36. The Morgan fingerprint density at radius 1 is 0.974 bits per heavy atom. The number of hydrazone groups is 1. The van der Waals surface area contributed by atoms with Gasteiger partial charge in [-0.1, -0.05) is 46.8 Å². The highest BCUT2D eigenvalue weighted by Gasteiger charge is 2.27. The number of hydrogen-bond acceptors (Lipinski definition) is 7. The molecule has 3 aromatic rings.